The van der Waals surface area contributed by atoms with Crippen LogP contribution in [0.5, 0.6) is 0 Å². The van der Waals surface area contributed by atoms with Gasteiger partial charge in [-0.3, -0.25) is 13.6 Å². The van der Waals surface area contributed by atoms with Crippen molar-refractivity contribution in [3.63, 3.8) is 0 Å². The first-order valence-electron chi connectivity index (χ1n) is 8.10. The molecule has 0 aromatic heterocycles. The average Bonchev–Trinajstić information content (AvgIpc) is 2.39. The van der Waals surface area contributed by atoms with Gasteiger partial charge in [-0.05, 0) is 39.5 Å². The maximum atomic E-state index is 12.4. The Morgan fingerprint density at radius 3 is 1.70 bits per heavy atom. The van der Waals surface area contributed by atoms with Gasteiger partial charge in [0, 0.05) is 0 Å². The topological polar surface area (TPSA) is 44.8 Å². The molecule has 1 unspecified atom stereocenters. The first kappa shape index (κ1) is 20.1. The molecule has 0 aliphatic heterocycles. The van der Waals surface area contributed by atoms with Gasteiger partial charge in [-0.15, -0.1) is 0 Å². The van der Waals surface area contributed by atoms with E-state index in [9.17, 15) is 4.57 Å². The van der Waals surface area contributed by atoms with Crippen LogP contribution in [0.1, 0.15) is 73.1 Å². The van der Waals surface area contributed by atoms with Crippen molar-refractivity contribution >= 4 is 7.82 Å². The van der Waals surface area contributed by atoms with Crippen LogP contribution in [0.25, 0.3) is 0 Å². The zero-order valence-corrected chi connectivity index (χ0v) is 14.8. The lowest BCUT2D eigenvalue weighted by molar-refractivity contribution is 0.0580. The molecule has 0 radical (unpaired) electrons. The van der Waals surface area contributed by atoms with Gasteiger partial charge in [0.1, 0.15) is 0 Å². The van der Waals surface area contributed by atoms with Crippen molar-refractivity contribution in [1.82, 2.24) is 0 Å². The predicted molar refractivity (Wildman–Crippen MR) is 83.9 cm³/mol. The molecular formula is C15H33O4P. The summed E-state index contributed by atoms with van der Waals surface area (Å²) in [5.41, 5.74) is 0. The molecule has 0 aromatic carbocycles. The lowest BCUT2D eigenvalue weighted by Crippen LogP contribution is -2.21. The second kappa shape index (κ2) is 11.7. The molecule has 4 nitrogen and oxygen atoms in total. The van der Waals surface area contributed by atoms with Crippen LogP contribution in [0.2, 0.25) is 0 Å². The van der Waals surface area contributed by atoms with Crippen LogP contribution in [0.15, 0.2) is 0 Å². The molecule has 5 heteroatoms. The van der Waals surface area contributed by atoms with Gasteiger partial charge in [-0.1, -0.05) is 39.5 Å². The SMILES string of the molecule is CCCCC(CCCC)C(C)OP(=O)(OCC)OCC. The lowest BCUT2D eigenvalue weighted by Gasteiger charge is -2.27. The normalized spacial score (nSPS) is 13.9. The zero-order chi connectivity index (χ0) is 15.4. The Labute approximate surface area is 125 Å². The molecule has 0 N–H and O–H groups in total. The summed E-state index contributed by atoms with van der Waals surface area (Å²) in [6, 6.07) is 0. The van der Waals surface area contributed by atoms with E-state index in [1.165, 1.54) is 25.7 Å². The van der Waals surface area contributed by atoms with E-state index in [-0.39, 0.29) is 6.10 Å². The summed E-state index contributed by atoms with van der Waals surface area (Å²) in [6.07, 6.45) is 6.81. The Morgan fingerprint density at radius 1 is 0.900 bits per heavy atom. The molecule has 0 bridgehead atoms. The maximum absolute atomic E-state index is 12.4. The van der Waals surface area contributed by atoms with E-state index in [0.29, 0.717) is 19.1 Å². The standard InChI is InChI=1S/C15H33O4P/c1-6-10-12-15(13-11-7-2)14(5)19-20(16,17-8-3)18-9-4/h14-15H,6-13H2,1-5H3. The van der Waals surface area contributed by atoms with Gasteiger partial charge in [0.2, 0.25) is 0 Å². The molecule has 0 saturated carbocycles. The van der Waals surface area contributed by atoms with Crippen LogP contribution in [-0.4, -0.2) is 19.3 Å². The van der Waals surface area contributed by atoms with Crippen LogP contribution < -0.4 is 0 Å². The van der Waals surface area contributed by atoms with Gasteiger partial charge in [0.25, 0.3) is 0 Å². The number of hydrogen-bond donors (Lipinski definition) is 0. The molecule has 0 aliphatic rings. The predicted octanol–water partition coefficient (Wildman–Crippen LogP) is 5.57. The smallest absolute Gasteiger partial charge is 0.287 e. The van der Waals surface area contributed by atoms with Crippen molar-refractivity contribution in [2.45, 2.75) is 79.2 Å². The van der Waals surface area contributed by atoms with E-state index in [2.05, 4.69) is 13.8 Å². The molecule has 0 aromatic rings. The Balaban J connectivity index is 4.58. The molecule has 0 aliphatic carbocycles. The minimum Gasteiger partial charge on any atom is -0.287 e. The number of phosphoric ester groups is 1. The first-order chi connectivity index (χ1) is 9.52. The van der Waals surface area contributed by atoms with Gasteiger partial charge in [-0.2, -0.15) is 0 Å². The Kier molecular flexibility index (Phi) is 11.8. The molecule has 0 rings (SSSR count). The summed E-state index contributed by atoms with van der Waals surface area (Å²) in [7, 11) is -3.39. The highest BCUT2D eigenvalue weighted by Crippen LogP contribution is 2.51. The monoisotopic (exact) mass is 308 g/mol. The second-order valence-electron chi connectivity index (χ2n) is 5.14. The molecule has 0 saturated heterocycles. The van der Waals surface area contributed by atoms with Crippen molar-refractivity contribution in [3.05, 3.63) is 0 Å². The van der Waals surface area contributed by atoms with Crippen LogP contribution >= 0.6 is 7.82 Å². The summed E-state index contributed by atoms with van der Waals surface area (Å²) in [5, 5.41) is 0. The van der Waals surface area contributed by atoms with Gasteiger partial charge in [0.05, 0.1) is 19.3 Å². The van der Waals surface area contributed by atoms with Crippen LogP contribution in [-0.2, 0) is 18.1 Å². The van der Waals surface area contributed by atoms with E-state index in [1.807, 2.05) is 6.92 Å². The molecule has 0 amide bonds. The summed E-state index contributed by atoms with van der Waals surface area (Å²) < 4.78 is 28.5. The van der Waals surface area contributed by atoms with Crippen molar-refractivity contribution in [1.29, 1.82) is 0 Å². The highest BCUT2D eigenvalue weighted by Gasteiger charge is 2.31. The van der Waals surface area contributed by atoms with Gasteiger partial charge >= 0.3 is 7.82 Å². The fourth-order valence-electron chi connectivity index (χ4n) is 2.25. The molecule has 0 fully saturated rings. The minimum absolute atomic E-state index is 0.1000. The summed E-state index contributed by atoms with van der Waals surface area (Å²) in [6.45, 7) is 10.6. The largest absolute Gasteiger partial charge is 0.475 e. The fourth-order valence-corrected chi connectivity index (χ4v) is 3.66. The number of unbranched alkanes of at least 4 members (excludes halogenated alkanes) is 2. The summed E-state index contributed by atoms with van der Waals surface area (Å²) >= 11 is 0. The quantitative estimate of drug-likeness (QED) is 0.417. The molecule has 0 spiro atoms. The fraction of sp³-hybridized carbons (Fsp3) is 1.00. The third kappa shape index (κ3) is 8.41. The minimum atomic E-state index is -3.39. The lowest BCUT2D eigenvalue weighted by atomic mass is 9.92. The van der Waals surface area contributed by atoms with Crippen LogP contribution in [0.4, 0.5) is 0 Å². The summed E-state index contributed by atoms with van der Waals surface area (Å²) in [5.74, 6) is 0.420. The Bertz CT molecular complexity index is 253. The van der Waals surface area contributed by atoms with E-state index in [4.69, 9.17) is 13.6 Å². The van der Waals surface area contributed by atoms with Crippen LogP contribution in [0.3, 0.4) is 0 Å². The zero-order valence-electron chi connectivity index (χ0n) is 13.9. The number of phosphoric acid groups is 1. The number of hydrogen-bond acceptors (Lipinski definition) is 4. The van der Waals surface area contributed by atoms with Crippen molar-refractivity contribution in [3.8, 4) is 0 Å². The average molecular weight is 308 g/mol. The summed E-state index contributed by atoms with van der Waals surface area (Å²) in [4.78, 5) is 0. The highest BCUT2D eigenvalue weighted by atomic mass is 31.2. The Morgan fingerprint density at radius 2 is 1.35 bits per heavy atom. The third-order valence-corrected chi connectivity index (χ3v) is 5.13. The molecule has 0 heterocycles. The van der Waals surface area contributed by atoms with Gasteiger partial charge in [0.15, 0.2) is 0 Å². The van der Waals surface area contributed by atoms with Crippen molar-refractivity contribution < 1.29 is 18.1 Å². The van der Waals surface area contributed by atoms with Crippen LogP contribution in [0, 0.1) is 5.92 Å². The van der Waals surface area contributed by atoms with E-state index in [0.717, 1.165) is 12.8 Å². The van der Waals surface area contributed by atoms with Gasteiger partial charge < -0.3 is 0 Å². The third-order valence-electron chi connectivity index (χ3n) is 3.39. The number of rotatable bonds is 13. The molecule has 20 heavy (non-hydrogen) atoms. The molecular weight excluding hydrogens is 275 g/mol. The van der Waals surface area contributed by atoms with Crippen molar-refractivity contribution in [2.24, 2.45) is 5.92 Å². The van der Waals surface area contributed by atoms with Gasteiger partial charge in [-0.25, -0.2) is 4.57 Å². The molecule has 122 valence electrons. The van der Waals surface area contributed by atoms with Crippen molar-refractivity contribution in [2.75, 3.05) is 13.2 Å². The van der Waals surface area contributed by atoms with E-state index >= 15 is 0 Å². The van der Waals surface area contributed by atoms with E-state index in [1.54, 1.807) is 13.8 Å². The second-order valence-corrected chi connectivity index (χ2v) is 6.76. The Hall–Kier alpha value is 0.110. The maximum Gasteiger partial charge on any atom is 0.475 e. The first-order valence-corrected chi connectivity index (χ1v) is 9.56. The van der Waals surface area contributed by atoms with E-state index < -0.39 is 7.82 Å². The molecule has 1 atom stereocenters. The highest BCUT2D eigenvalue weighted by molar-refractivity contribution is 7.48.